The van der Waals surface area contributed by atoms with E-state index in [0.29, 0.717) is 0 Å². The molecule has 1 saturated carbocycles. The number of rotatable bonds is 3. The van der Waals surface area contributed by atoms with E-state index in [1.165, 1.54) is 35.0 Å². The van der Waals surface area contributed by atoms with Gasteiger partial charge in [0.25, 0.3) is 0 Å². The quantitative estimate of drug-likeness (QED) is 0.898. The van der Waals surface area contributed by atoms with E-state index in [1.54, 1.807) is 0 Å². The fraction of sp³-hybridized carbons (Fsp3) is 0.769. The molecule has 3 unspecified atom stereocenters. The lowest BCUT2D eigenvalue weighted by Gasteiger charge is -2.16. The summed E-state index contributed by atoms with van der Waals surface area (Å²) in [6.45, 7) is 3.49. The first kappa shape index (κ1) is 11.5. The van der Waals surface area contributed by atoms with Crippen molar-refractivity contribution in [3.05, 3.63) is 10.6 Å². The van der Waals surface area contributed by atoms with Gasteiger partial charge in [0.05, 0.1) is 5.69 Å². The summed E-state index contributed by atoms with van der Waals surface area (Å²) in [6.07, 6.45) is 4.88. The highest BCUT2D eigenvalue weighted by Gasteiger charge is 2.34. The Hall–Kier alpha value is -0.610. The molecule has 3 rings (SSSR count). The molecule has 1 aromatic rings. The summed E-state index contributed by atoms with van der Waals surface area (Å²) in [6, 6.07) is 0.178. The van der Waals surface area contributed by atoms with E-state index in [1.807, 2.05) is 11.3 Å². The van der Waals surface area contributed by atoms with Crippen LogP contribution in [0.1, 0.15) is 42.8 Å². The number of hydrogen-bond acceptors (Lipinski definition) is 4. The van der Waals surface area contributed by atoms with Gasteiger partial charge in [-0.3, -0.25) is 0 Å². The molecule has 0 bridgehead atoms. The molecule has 2 aliphatic rings. The third-order valence-electron chi connectivity index (χ3n) is 4.10. The van der Waals surface area contributed by atoms with Gasteiger partial charge in [0.1, 0.15) is 0 Å². The van der Waals surface area contributed by atoms with Gasteiger partial charge in [-0.15, -0.1) is 11.3 Å². The molecule has 2 aliphatic carbocycles. The minimum absolute atomic E-state index is 0.178. The number of anilines is 1. The van der Waals surface area contributed by atoms with E-state index in [0.717, 1.165) is 24.8 Å². The predicted molar refractivity (Wildman–Crippen MR) is 72.5 cm³/mol. The molecule has 0 aromatic carbocycles. The Kier molecular flexibility index (Phi) is 2.87. The third kappa shape index (κ3) is 2.20. The van der Waals surface area contributed by atoms with Crippen LogP contribution in [0, 0.1) is 11.8 Å². The van der Waals surface area contributed by atoms with Crippen LogP contribution in [-0.2, 0) is 6.42 Å². The molecule has 0 radical (unpaired) electrons. The second-order valence-corrected chi connectivity index (χ2v) is 6.72. The fourth-order valence-corrected chi connectivity index (χ4v) is 3.83. The average molecular weight is 251 g/mol. The fourth-order valence-electron chi connectivity index (χ4n) is 2.69. The van der Waals surface area contributed by atoms with Crippen LogP contribution in [0.4, 0.5) is 5.13 Å². The van der Waals surface area contributed by atoms with Crippen molar-refractivity contribution in [2.75, 3.05) is 18.5 Å². The molecule has 3 atom stereocenters. The number of aromatic nitrogens is 1. The monoisotopic (exact) mass is 251 g/mol. The van der Waals surface area contributed by atoms with Crippen molar-refractivity contribution in [1.82, 2.24) is 4.98 Å². The van der Waals surface area contributed by atoms with E-state index in [4.69, 9.17) is 10.7 Å². The minimum atomic E-state index is 0.178. The molecule has 1 heterocycles. The highest BCUT2D eigenvalue weighted by atomic mass is 32.1. The first-order valence-corrected chi connectivity index (χ1v) is 7.43. The molecule has 17 heavy (non-hydrogen) atoms. The second kappa shape index (κ2) is 4.25. The maximum absolute atomic E-state index is 6.12. The minimum Gasteiger partial charge on any atom is -0.351 e. The van der Waals surface area contributed by atoms with Crippen molar-refractivity contribution in [1.29, 1.82) is 0 Å². The van der Waals surface area contributed by atoms with Crippen LogP contribution < -0.4 is 10.6 Å². The summed E-state index contributed by atoms with van der Waals surface area (Å²) in [4.78, 5) is 8.51. The first-order valence-electron chi connectivity index (χ1n) is 6.61. The highest BCUT2D eigenvalue weighted by Crippen LogP contribution is 2.40. The molecule has 0 aliphatic heterocycles. The van der Waals surface area contributed by atoms with Crippen LogP contribution in [0.2, 0.25) is 0 Å². The zero-order valence-corrected chi connectivity index (χ0v) is 11.5. The SMILES string of the molecule is CC1CC1CN(C)c1nc2c(s1)CCCC2N. The van der Waals surface area contributed by atoms with E-state index < -0.39 is 0 Å². The van der Waals surface area contributed by atoms with Gasteiger partial charge in [-0.1, -0.05) is 6.92 Å². The first-order chi connectivity index (χ1) is 8.15. The highest BCUT2D eigenvalue weighted by molar-refractivity contribution is 7.15. The molecular formula is C13H21N3S. The standard InChI is InChI=1S/C13H21N3S/c1-8-6-9(8)7-16(2)13-15-12-10(14)4-3-5-11(12)17-13/h8-10H,3-7,14H2,1-2H3. The molecule has 1 aromatic heterocycles. The molecule has 1 fully saturated rings. The van der Waals surface area contributed by atoms with Gasteiger partial charge in [-0.25, -0.2) is 4.98 Å². The number of aryl methyl sites for hydroxylation is 1. The van der Waals surface area contributed by atoms with Gasteiger partial charge in [0.2, 0.25) is 0 Å². The molecule has 0 saturated heterocycles. The van der Waals surface area contributed by atoms with E-state index in [-0.39, 0.29) is 6.04 Å². The number of hydrogen-bond donors (Lipinski definition) is 1. The molecule has 2 N–H and O–H groups in total. The van der Waals surface area contributed by atoms with Gasteiger partial charge in [-0.05, 0) is 37.5 Å². The average Bonchev–Trinajstić information content (AvgIpc) is 2.81. The Morgan fingerprint density at radius 2 is 2.29 bits per heavy atom. The zero-order chi connectivity index (χ0) is 12.0. The van der Waals surface area contributed by atoms with Gasteiger partial charge in [0, 0.05) is 24.5 Å². The largest absolute Gasteiger partial charge is 0.351 e. The number of nitrogens with zero attached hydrogens (tertiary/aromatic N) is 2. The molecule has 94 valence electrons. The van der Waals surface area contributed by atoms with E-state index in [9.17, 15) is 0 Å². The Labute approximate surface area is 107 Å². The summed E-state index contributed by atoms with van der Waals surface area (Å²) < 4.78 is 0. The van der Waals surface area contributed by atoms with Crippen LogP contribution in [0.5, 0.6) is 0 Å². The maximum atomic E-state index is 6.12. The lowest BCUT2D eigenvalue weighted by Crippen LogP contribution is -2.21. The summed E-state index contributed by atoms with van der Waals surface area (Å²) in [5.74, 6) is 1.80. The summed E-state index contributed by atoms with van der Waals surface area (Å²) in [7, 11) is 2.17. The van der Waals surface area contributed by atoms with Crippen molar-refractivity contribution in [2.45, 2.75) is 38.6 Å². The Morgan fingerprint density at radius 3 is 2.94 bits per heavy atom. The molecule has 3 nitrogen and oxygen atoms in total. The number of thiazole rings is 1. The lowest BCUT2D eigenvalue weighted by atomic mass is 9.99. The molecule has 0 spiro atoms. The Morgan fingerprint density at radius 1 is 1.53 bits per heavy atom. The predicted octanol–water partition coefficient (Wildman–Crippen LogP) is 2.57. The van der Waals surface area contributed by atoms with Crippen LogP contribution in [0.25, 0.3) is 0 Å². The lowest BCUT2D eigenvalue weighted by molar-refractivity contribution is 0.563. The summed E-state index contributed by atoms with van der Waals surface area (Å²) in [5, 5.41) is 1.17. The van der Waals surface area contributed by atoms with Crippen LogP contribution >= 0.6 is 11.3 Å². The summed E-state index contributed by atoms with van der Waals surface area (Å²) >= 11 is 1.85. The van der Waals surface area contributed by atoms with Gasteiger partial charge in [-0.2, -0.15) is 0 Å². The van der Waals surface area contributed by atoms with Crippen molar-refractivity contribution in [2.24, 2.45) is 17.6 Å². The zero-order valence-electron chi connectivity index (χ0n) is 10.6. The summed E-state index contributed by atoms with van der Waals surface area (Å²) in [5.41, 5.74) is 7.29. The smallest absolute Gasteiger partial charge is 0.185 e. The topological polar surface area (TPSA) is 42.2 Å². The van der Waals surface area contributed by atoms with Crippen molar-refractivity contribution in [3.63, 3.8) is 0 Å². The van der Waals surface area contributed by atoms with Crippen molar-refractivity contribution < 1.29 is 0 Å². The van der Waals surface area contributed by atoms with Crippen molar-refractivity contribution in [3.8, 4) is 0 Å². The van der Waals surface area contributed by atoms with Crippen LogP contribution in [0.3, 0.4) is 0 Å². The van der Waals surface area contributed by atoms with Crippen LogP contribution in [0.15, 0.2) is 0 Å². The normalized spacial score (nSPS) is 31.1. The van der Waals surface area contributed by atoms with E-state index >= 15 is 0 Å². The number of nitrogens with two attached hydrogens (primary N) is 1. The molecule has 4 heteroatoms. The Bertz CT molecular complexity index is 415. The van der Waals surface area contributed by atoms with Gasteiger partial charge < -0.3 is 10.6 Å². The van der Waals surface area contributed by atoms with E-state index in [2.05, 4.69) is 18.9 Å². The number of fused-ring (bicyclic) bond motifs is 1. The Balaban J connectivity index is 1.74. The molecular weight excluding hydrogens is 230 g/mol. The van der Waals surface area contributed by atoms with Gasteiger partial charge in [0.15, 0.2) is 5.13 Å². The van der Waals surface area contributed by atoms with Gasteiger partial charge >= 0.3 is 0 Å². The van der Waals surface area contributed by atoms with Crippen molar-refractivity contribution >= 4 is 16.5 Å². The van der Waals surface area contributed by atoms with Crippen LogP contribution in [-0.4, -0.2) is 18.6 Å². The molecule has 0 amide bonds. The maximum Gasteiger partial charge on any atom is 0.185 e. The second-order valence-electron chi connectivity index (χ2n) is 5.66. The third-order valence-corrected chi connectivity index (χ3v) is 5.34.